The zero-order valence-corrected chi connectivity index (χ0v) is 13.0. The molecular weight excluding hydrogens is 278 g/mol. The summed E-state index contributed by atoms with van der Waals surface area (Å²) in [6.07, 6.45) is 0.462. The monoisotopic (exact) mass is 299 g/mol. The summed E-state index contributed by atoms with van der Waals surface area (Å²) in [4.78, 5) is 11.6. The fourth-order valence-corrected chi connectivity index (χ4v) is 2.00. The molecule has 0 saturated carbocycles. The van der Waals surface area contributed by atoms with Crippen molar-refractivity contribution in [2.75, 3.05) is 18.9 Å². The van der Waals surface area contributed by atoms with E-state index in [-0.39, 0.29) is 5.78 Å². The Balaban J connectivity index is 1.84. The summed E-state index contributed by atoms with van der Waals surface area (Å²) in [7, 11) is 0. The molecule has 2 aromatic rings. The summed E-state index contributed by atoms with van der Waals surface area (Å²) in [6.45, 7) is 4.67. The lowest BCUT2D eigenvalue weighted by Gasteiger charge is -2.11. The van der Waals surface area contributed by atoms with E-state index in [0.29, 0.717) is 36.6 Å². The summed E-state index contributed by atoms with van der Waals surface area (Å²) >= 11 is 0. The fraction of sp³-hybridized carbons (Fsp3) is 0.278. The smallest absolute Gasteiger partial charge is 0.162 e. The highest BCUT2D eigenvalue weighted by Gasteiger charge is 2.07. The number of hydrogen-bond acceptors (Lipinski definition) is 4. The predicted octanol–water partition coefficient (Wildman–Crippen LogP) is 3.63. The van der Waals surface area contributed by atoms with E-state index in [1.165, 1.54) is 5.56 Å². The Morgan fingerprint density at radius 2 is 1.73 bits per heavy atom. The van der Waals surface area contributed by atoms with Crippen molar-refractivity contribution in [1.29, 1.82) is 0 Å². The number of Topliss-reactive ketones (excluding diaryl/α,β-unsaturated/α-hetero) is 1. The number of benzene rings is 2. The maximum atomic E-state index is 11.6. The minimum Gasteiger partial charge on any atom is -0.490 e. The summed E-state index contributed by atoms with van der Waals surface area (Å²) < 4.78 is 11.2. The quantitative estimate of drug-likeness (QED) is 0.482. The first-order valence-electron chi connectivity index (χ1n) is 7.35. The normalized spacial score (nSPS) is 10.3. The Morgan fingerprint density at radius 3 is 2.36 bits per heavy atom. The molecule has 0 bridgehead atoms. The van der Waals surface area contributed by atoms with Crippen molar-refractivity contribution in [3.05, 3.63) is 53.6 Å². The van der Waals surface area contributed by atoms with Crippen molar-refractivity contribution in [3.63, 3.8) is 0 Å². The number of carbonyl (C=O) groups is 1. The van der Waals surface area contributed by atoms with Gasteiger partial charge < -0.3 is 15.2 Å². The first-order valence-corrected chi connectivity index (χ1v) is 7.35. The molecule has 0 atom stereocenters. The van der Waals surface area contributed by atoms with E-state index in [4.69, 9.17) is 15.2 Å². The first kappa shape index (κ1) is 15.9. The molecule has 0 aliphatic heterocycles. The van der Waals surface area contributed by atoms with Crippen molar-refractivity contribution in [2.24, 2.45) is 0 Å². The molecule has 22 heavy (non-hydrogen) atoms. The molecular formula is C18H21NO3. The Morgan fingerprint density at radius 1 is 1.05 bits per heavy atom. The lowest BCUT2D eigenvalue weighted by molar-refractivity contribution is 0.0988. The number of nitrogen functional groups attached to an aromatic ring is 1. The zero-order valence-electron chi connectivity index (χ0n) is 13.0. The Labute approximate surface area is 130 Å². The van der Waals surface area contributed by atoms with Crippen molar-refractivity contribution in [3.8, 4) is 11.5 Å². The molecule has 2 N–H and O–H groups in total. The SMILES string of the molecule is CCC(=O)c1ccc(OCCOc2ccc(C)cc2)c(N)c1. The van der Waals surface area contributed by atoms with Crippen molar-refractivity contribution < 1.29 is 14.3 Å². The van der Waals surface area contributed by atoms with Gasteiger partial charge in [0.05, 0.1) is 5.69 Å². The van der Waals surface area contributed by atoms with Crippen molar-refractivity contribution in [1.82, 2.24) is 0 Å². The van der Waals surface area contributed by atoms with Crippen LogP contribution in [0.25, 0.3) is 0 Å². The molecule has 0 spiro atoms. The lowest BCUT2D eigenvalue weighted by atomic mass is 10.1. The molecule has 0 fully saturated rings. The van der Waals surface area contributed by atoms with Crippen LogP contribution in [0.3, 0.4) is 0 Å². The number of carbonyl (C=O) groups excluding carboxylic acids is 1. The van der Waals surface area contributed by atoms with Gasteiger partial charge in [0, 0.05) is 12.0 Å². The van der Waals surface area contributed by atoms with Gasteiger partial charge in [-0.15, -0.1) is 0 Å². The zero-order chi connectivity index (χ0) is 15.9. The van der Waals surface area contributed by atoms with Crippen LogP contribution in [0.5, 0.6) is 11.5 Å². The second kappa shape index (κ2) is 7.50. The number of anilines is 1. The second-order valence-electron chi connectivity index (χ2n) is 5.04. The third-order valence-electron chi connectivity index (χ3n) is 3.28. The highest BCUT2D eigenvalue weighted by Crippen LogP contribution is 2.23. The van der Waals surface area contributed by atoms with Gasteiger partial charge in [0.2, 0.25) is 0 Å². The average molecular weight is 299 g/mol. The number of aryl methyl sites for hydroxylation is 1. The van der Waals surface area contributed by atoms with Gasteiger partial charge in [-0.2, -0.15) is 0 Å². The molecule has 0 unspecified atom stereocenters. The molecule has 0 aromatic heterocycles. The Bertz CT molecular complexity index is 635. The van der Waals surface area contributed by atoms with E-state index in [2.05, 4.69) is 0 Å². The van der Waals surface area contributed by atoms with E-state index in [1.807, 2.05) is 38.1 Å². The minimum atomic E-state index is 0.0703. The number of ether oxygens (including phenoxy) is 2. The van der Waals surface area contributed by atoms with E-state index in [1.54, 1.807) is 18.2 Å². The van der Waals surface area contributed by atoms with Gasteiger partial charge in [0.1, 0.15) is 24.7 Å². The fourth-order valence-electron chi connectivity index (χ4n) is 2.00. The van der Waals surface area contributed by atoms with Gasteiger partial charge in [-0.3, -0.25) is 4.79 Å². The summed E-state index contributed by atoms with van der Waals surface area (Å²) in [6, 6.07) is 13.0. The van der Waals surface area contributed by atoms with Crippen LogP contribution in [0, 0.1) is 6.92 Å². The van der Waals surface area contributed by atoms with Crippen LogP contribution in [0.15, 0.2) is 42.5 Å². The summed E-state index contributed by atoms with van der Waals surface area (Å²) in [5.41, 5.74) is 8.18. The molecule has 0 aliphatic rings. The molecule has 2 rings (SSSR count). The lowest BCUT2D eigenvalue weighted by Crippen LogP contribution is -2.10. The summed E-state index contributed by atoms with van der Waals surface area (Å²) in [5.74, 6) is 1.45. The third-order valence-corrected chi connectivity index (χ3v) is 3.28. The Hall–Kier alpha value is -2.49. The van der Waals surface area contributed by atoms with Crippen molar-refractivity contribution >= 4 is 11.5 Å². The van der Waals surface area contributed by atoms with E-state index >= 15 is 0 Å². The van der Waals surface area contributed by atoms with E-state index < -0.39 is 0 Å². The second-order valence-corrected chi connectivity index (χ2v) is 5.04. The van der Waals surface area contributed by atoms with Crippen LogP contribution in [-0.2, 0) is 0 Å². The van der Waals surface area contributed by atoms with Crippen LogP contribution >= 0.6 is 0 Å². The molecule has 116 valence electrons. The largest absolute Gasteiger partial charge is 0.490 e. The van der Waals surface area contributed by atoms with Crippen LogP contribution in [0.4, 0.5) is 5.69 Å². The standard InChI is InChI=1S/C18H21NO3/c1-3-17(20)14-6-9-18(16(19)12-14)22-11-10-21-15-7-4-13(2)5-8-15/h4-9,12H,3,10-11,19H2,1-2H3. The predicted molar refractivity (Wildman–Crippen MR) is 87.6 cm³/mol. The van der Waals surface area contributed by atoms with E-state index in [0.717, 1.165) is 5.75 Å². The van der Waals surface area contributed by atoms with Gasteiger partial charge in [0.25, 0.3) is 0 Å². The van der Waals surface area contributed by atoms with Gasteiger partial charge >= 0.3 is 0 Å². The molecule has 0 radical (unpaired) electrons. The molecule has 4 heteroatoms. The molecule has 0 saturated heterocycles. The topological polar surface area (TPSA) is 61.5 Å². The van der Waals surface area contributed by atoms with E-state index in [9.17, 15) is 4.79 Å². The average Bonchev–Trinajstić information content (AvgIpc) is 2.53. The maximum absolute atomic E-state index is 11.6. The van der Waals surface area contributed by atoms with Crippen LogP contribution in [0.2, 0.25) is 0 Å². The first-order chi connectivity index (χ1) is 10.6. The van der Waals surface area contributed by atoms with Crippen LogP contribution in [-0.4, -0.2) is 19.0 Å². The third kappa shape index (κ3) is 4.25. The number of rotatable bonds is 7. The molecule has 0 heterocycles. The molecule has 2 aromatic carbocycles. The number of ketones is 1. The molecule has 0 amide bonds. The van der Waals surface area contributed by atoms with Crippen LogP contribution in [0.1, 0.15) is 29.3 Å². The highest BCUT2D eigenvalue weighted by atomic mass is 16.5. The maximum Gasteiger partial charge on any atom is 0.162 e. The summed E-state index contributed by atoms with van der Waals surface area (Å²) in [5, 5.41) is 0. The highest BCUT2D eigenvalue weighted by molar-refractivity contribution is 5.97. The molecule has 0 aliphatic carbocycles. The van der Waals surface area contributed by atoms with Gasteiger partial charge in [-0.1, -0.05) is 24.6 Å². The minimum absolute atomic E-state index is 0.0703. The van der Waals surface area contributed by atoms with Gasteiger partial charge in [0.15, 0.2) is 5.78 Å². The number of nitrogens with two attached hydrogens (primary N) is 1. The molecule has 4 nitrogen and oxygen atoms in total. The van der Waals surface area contributed by atoms with Crippen LogP contribution < -0.4 is 15.2 Å². The Kier molecular flexibility index (Phi) is 5.42. The van der Waals surface area contributed by atoms with Gasteiger partial charge in [-0.05, 0) is 37.3 Å². The van der Waals surface area contributed by atoms with Crippen molar-refractivity contribution in [2.45, 2.75) is 20.3 Å². The number of hydrogen-bond donors (Lipinski definition) is 1. The van der Waals surface area contributed by atoms with Gasteiger partial charge in [-0.25, -0.2) is 0 Å².